The number of fused-ring (bicyclic) bond motifs is 1. The van der Waals surface area contributed by atoms with E-state index in [4.69, 9.17) is 4.74 Å². The third-order valence-corrected chi connectivity index (χ3v) is 9.10. The van der Waals surface area contributed by atoms with Gasteiger partial charge in [-0.05, 0) is 41.3 Å². The van der Waals surface area contributed by atoms with Gasteiger partial charge in [-0.2, -0.15) is 8.78 Å². The first kappa shape index (κ1) is 34.4. The lowest BCUT2D eigenvalue weighted by Crippen LogP contribution is -2.49. The van der Waals surface area contributed by atoms with Gasteiger partial charge in [0.15, 0.2) is 17.4 Å². The minimum absolute atomic E-state index is 0.0402. The van der Waals surface area contributed by atoms with Gasteiger partial charge in [0.05, 0.1) is 31.6 Å². The van der Waals surface area contributed by atoms with Gasteiger partial charge < -0.3 is 29.2 Å². The van der Waals surface area contributed by atoms with Gasteiger partial charge in [-0.1, -0.05) is 11.3 Å². The Bertz CT molecular complexity index is 2130. The zero-order valence-corrected chi connectivity index (χ0v) is 27.9. The third-order valence-electron chi connectivity index (χ3n) is 9.10. The van der Waals surface area contributed by atoms with Crippen LogP contribution in [-0.4, -0.2) is 105 Å². The van der Waals surface area contributed by atoms with Crippen LogP contribution in [0, 0.1) is 11.6 Å². The Morgan fingerprint density at radius 2 is 1.81 bits per heavy atom. The molecule has 13 nitrogen and oxygen atoms in total. The van der Waals surface area contributed by atoms with E-state index in [0.717, 1.165) is 6.20 Å². The zero-order chi connectivity index (χ0) is 36.4. The Morgan fingerprint density at radius 1 is 0.981 bits per heavy atom. The van der Waals surface area contributed by atoms with Crippen LogP contribution in [0.25, 0.3) is 27.6 Å². The van der Waals surface area contributed by atoms with Crippen LogP contribution in [0.3, 0.4) is 0 Å². The summed E-state index contributed by atoms with van der Waals surface area (Å²) in [6.07, 6.45) is 8.13. The van der Waals surface area contributed by atoms with E-state index in [0.29, 0.717) is 73.6 Å². The monoisotopic (exact) mass is 719 g/mol. The molecule has 17 heteroatoms. The van der Waals surface area contributed by atoms with Crippen LogP contribution in [0.15, 0.2) is 61.2 Å². The van der Waals surface area contributed by atoms with Crippen molar-refractivity contribution in [1.29, 1.82) is 0 Å². The van der Waals surface area contributed by atoms with E-state index in [1.165, 1.54) is 31.6 Å². The predicted molar refractivity (Wildman–Crippen MR) is 181 cm³/mol. The number of aryl methyl sites for hydroxylation is 1. The molecule has 52 heavy (non-hydrogen) atoms. The minimum Gasteiger partial charge on any atom is -0.493 e. The summed E-state index contributed by atoms with van der Waals surface area (Å²) in [6, 6.07) is 7.28. The molecule has 2 aliphatic heterocycles. The molecule has 2 amide bonds. The number of benzene rings is 1. The number of piperazine rings is 1. The highest BCUT2D eigenvalue weighted by Gasteiger charge is 2.29. The van der Waals surface area contributed by atoms with Crippen molar-refractivity contribution in [2.24, 2.45) is 0 Å². The number of hydrogen-bond donors (Lipinski definition) is 1. The van der Waals surface area contributed by atoms with Crippen molar-refractivity contribution >= 4 is 34.1 Å². The van der Waals surface area contributed by atoms with Crippen LogP contribution in [0.1, 0.15) is 28.9 Å². The molecule has 1 fully saturated rings. The standard InChI is InChI=1S/C35H33F4N9O4/c1-51-28-16-23(36)19-41-33(28)45-11-13-46(14-12-45)34(50)27-18-26-24(21-4-6-40-29(15-21)52-35(38)39)17-25(31(37)32(26)43-27)22-3-2-8-47(20-22)30(49)5-9-48-10-7-42-44-48/h3-4,6-7,10,15-19,35,43H,2,5,8-9,11-14,20H2,1H3. The molecule has 1 aromatic carbocycles. The molecular weight excluding hydrogens is 686 g/mol. The second-order valence-corrected chi connectivity index (χ2v) is 12.2. The number of pyridine rings is 2. The summed E-state index contributed by atoms with van der Waals surface area (Å²) < 4.78 is 68.0. The van der Waals surface area contributed by atoms with E-state index < -0.39 is 18.2 Å². The van der Waals surface area contributed by atoms with Crippen molar-refractivity contribution in [2.75, 3.05) is 51.3 Å². The molecule has 270 valence electrons. The van der Waals surface area contributed by atoms with Gasteiger partial charge in [-0.3, -0.25) is 14.3 Å². The first-order valence-corrected chi connectivity index (χ1v) is 16.5. The molecule has 7 rings (SSSR count). The van der Waals surface area contributed by atoms with Gasteiger partial charge in [0.2, 0.25) is 11.8 Å². The largest absolute Gasteiger partial charge is 0.493 e. The number of carbonyl (C=O) groups is 2. The van der Waals surface area contributed by atoms with Gasteiger partial charge in [0.1, 0.15) is 11.5 Å². The lowest BCUT2D eigenvalue weighted by molar-refractivity contribution is -0.131. The number of ether oxygens (including phenoxy) is 2. The van der Waals surface area contributed by atoms with E-state index in [1.54, 1.807) is 38.9 Å². The summed E-state index contributed by atoms with van der Waals surface area (Å²) in [4.78, 5) is 43.2. The molecule has 0 atom stereocenters. The van der Waals surface area contributed by atoms with E-state index in [-0.39, 0.29) is 53.2 Å². The number of rotatable bonds is 10. The Labute approximate surface area is 294 Å². The van der Waals surface area contributed by atoms with E-state index in [9.17, 15) is 22.8 Å². The molecule has 0 unspecified atom stereocenters. The van der Waals surface area contributed by atoms with E-state index >= 15 is 4.39 Å². The van der Waals surface area contributed by atoms with Crippen LogP contribution in [0.5, 0.6) is 11.6 Å². The van der Waals surface area contributed by atoms with E-state index in [1.807, 2.05) is 11.0 Å². The maximum atomic E-state index is 16.6. The molecule has 0 saturated carbocycles. The molecule has 0 spiro atoms. The molecule has 1 N–H and O–H groups in total. The van der Waals surface area contributed by atoms with Crippen molar-refractivity contribution in [2.45, 2.75) is 26.0 Å². The Kier molecular flexibility index (Phi) is 9.73. The summed E-state index contributed by atoms with van der Waals surface area (Å²) in [7, 11) is 1.43. The normalized spacial score (nSPS) is 15.0. The summed E-state index contributed by atoms with van der Waals surface area (Å²) in [6.45, 7) is -0.814. The molecule has 2 aliphatic rings. The van der Waals surface area contributed by atoms with Crippen molar-refractivity contribution < 1.29 is 36.6 Å². The van der Waals surface area contributed by atoms with Crippen LogP contribution in [0.4, 0.5) is 23.4 Å². The predicted octanol–water partition coefficient (Wildman–Crippen LogP) is 4.77. The van der Waals surface area contributed by atoms with Crippen LogP contribution < -0.4 is 14.4 Å². The average Bonchev–Trinajstić information content (AvgIpc) is 3.85. The van der Waals surface area contributed by atoms with Gasteiger partial charge in [-0.15, -0.1) is 5.10 Å². The van der Waals surface area contributed by atoms with Crippen molar-refractivity contribution in [3.05, 3.63) is 84.1 Å². The van der Waals surface area contributed by atoms with Gasteiger partial charge in [0, 0.05) is 81.2 Å². The van der Waals surface area contributed by atoms with Crippen LogP contribution in [0.2, 0.25) is 0 Å². The zero-order valence-electron chi connectivity index (χ0n) is 27.9. The second-order valence-electron chi connectivity index (χ2n) is 12.2. The van der Waals surface area contributed by atoms with Gasteiger partial charge in [-0.25, -0.2) is 18.7 Å². The number of H-pyrrole nitrogens is 1. The number of anilines is 1. The molecular formula is C35H33F4N9O4. The number of methoxy groups -OCH3 is 1. The van der Waals surface area contributed by atoms with E-state index in [2.05, 4.69) is 30.0 Å². The summed E-state index contributed by atoms with van der Waals surface area (Å²) in [5.74, 6) is -1.26. The molecule has 0 radical (unpaired) electrons. The Morgan fingerprint density at radius 3 is 2.56 bits per heavy atom. The molecule has 6 heterocycles. The number of nitrogens with zero attached hydrogens (tertiary/aromatic N) is 8. The smallest absolute Gasteiger partial charge is 0.388 e. The molecule has 1 saturated heterocycles. The number of carbonyl (C=O) groups excluding carboxylic acids is 2. The van der Waals surface area contributed by atoms with Gasteiger partial charge in [0.25, 0.3) is 5.91 Å². The first-order chi connectivity index (χ1) is 25.2. The maximum absolute atomic E-state index is 16.6. The minimum atomic E-state index is -3.11. The lowest BCUT2D eigenvalue weighted by Gasteiger charge is -2.35. The molecule has 5 aromatic rings. The quantitative estimate of drug-likeness (QED) is 0.203. The summed E-state index contributed by atoms with van der Waals surface area (Å²) >= 11 is 0. The lowest BCUT2D eigenvalue weighted by atomic mass is 9.93. The fourth-order valence-corrected chi connectivity index (χ4v) is 6.55. The topological polar surface area (TPSA) is 135 Å². The van der Waals surface area contributed by atoms with Crippen LogP contribution in [-0.2, 0) is 11.3 Å². The highest BCUT2D eigenvalue weighted by Crippen LogP contribution is 2.38. The van der Waals surface area contributed by atoms with Crippen molar-refractivity contribution in [1.82, 2.24) is 39.7 Å². The number of hydrogen-bond acceptors (Lipinski definition) is 9. The number of alkyl halides is 2. The third kappa shape index (κ3) is 7.11. The summed E-state index contributed by atoms with van der Waals surface area (Å²) in [5, 5.41) is 7.99. The van der Waals surface area contributed by atoms with Crippen molar-refractivity contribution in [3.63, 3.8) is 0 Å². The highest BCUT2D eigenvalue weighted by molar-refractivity contribution is 6.04. The highest BCUT2D eigenvalue weighted by atomic mass is 19.3. The number of aromatic amines is 1. The van der Waals surface area contributed by atoms with Gasteiger partial charge >= 0.3 is 6.61 Å². The maximum Gasteiger partial charge on any atom is 0.388 e. The SMILES string of the molecule is COc1cc(F)cnc1N1CCN(C(=O)c2cc3c(-c4ccnc(OC(F)F)c4)cc(C4=CCCN(C(=O)CCn5ccnn5)C4)c(F)c3[nH]2)CC1. The Balaban J connectivity index is 1.19. The number of amides is 2. The fourth-order valence-electron chi connectivity index (χ4n) is 6.55. The average molecular weight is 720 g/mol. The fraction of sp³-hybridized carbons (Fsp3) is 0.314. The first-order valence-electron chi connectivity index (χ1n) is 16.5. The molecule has 0 bridgehead atoms. The van der Waals surface area contributed by atoms with Crippen molar-refractivity contribution in [3.8, 4) is 22.8 Å². The molecule has 4 aromatic heterocycles. The number of halogens is 4. The van der Waals surface area contributed by atoms with Crippen LogP contribution >= 0.6 is 0 Å². The number of aromatic nitrogens is 6. The second kappa shape index (κ2) is 14.7. The summed E-state index contributed by atoms with van der Waals surface area (Å²) in [5.41, 5.74) is 1.76. The Hall–Kier alpha value is -6.00. The molecule has 0 aliphatic carbocycles. The number of nitrogens with one attached hydrogen (secondary N) is 1.